The number of carboxylic acids is 1. The quantitative estimate of drug-likeness (QED) is 0.841. The zero-order valence-corrected chi connectivity index (χ0v) is 10.1. The van der Waals surface area contributed by atoms with Crippen LogP contribution in [0.5, 0.6) is 5.75 Å². The molecule has 0 aliphatic carbocycles. The Morgan fingerprint density at radius 3 is 2.44 bits per heavy atom. The lowest BCUT2D eigenvalue weighted by Gasteiger charge is -2.04. The van der Waals surface area contributed by atoms with E-state index in [4.69, 9.17) is 9.84 Å². The molecule has 1 aromatic heterocycles. The number of thiophene rings is 1. The number of carbonyl (C=O) groups is 2. The van der Waals surface area contributed by atoms with Gasteiger partial charge in [0.15, 0.2) is 6.61 Å². The number of carboxylic acid groups (broad SMARTS) is 1. The van der Waals surface area contributed by atoms with Crippen LogP contribution in [-0.4, -0.2) is 23.5 Å². The van der Waals surface area contributed by atoms with Crippen LogP contribution in [0.15, 0.2) is 41.8 Å². The van der Waals surface area contributed by atoms with Crippen molar-refractivity contribution in [3.8, 4) is 5.75 Å². The lowest BCUT2D eigenvalue weighted by molar-refractivity contribution is 0.0696. The van der Waals surface area contributed by atoms with Gasteiger partial charge in [0.1, 0.15) is 5.75 Å². The van der Waals surface area contributed by atoms with Gasteiger partial charge in [0, 0.05) is 0 Å². The molecular formula is C13H10O4S. The van der Waals surface area contributed by atoms with E-state index in [0.29, 0.717) is 10.6 Å². The SMILES string of the molecule is O=C(O)c1ccc(OCC(=O)c2cccs2)cc1. The highest BCUT2D eigenvalue weighted by molar-refractivity contribution is 7.12. The van der Waals surface area contributed by atoms with Crippen molar-refractivity contribution in [3.05, 3.63) is 52.2 Å². The molecule has 0 amide bonds. The average molecular weight is 262 g/mol. The highest BCUT2D eigenvalue weighted by Gasteiger charge is 2.08. The maximum absolute atomic E-state index is 11.6. The fourth-order valence-electron chi connectivity index (χ4n) is 1.35. The number of benzene rings is 1. The van der Waals surface area contributed by atoms with E-state index in [1.165, 1.54) is 35.6 Å². The first-order chi connectivity index (χ1) is 8.66. The van der Waals surface area contributed by atoms with Crippen molar-refractivity contribution in [1.29, 1.82) is 0 Å². The Hall–Kier alpha value is -2.14. The molecule has 0 radical (unpaired) electrons. The van der Waals surface area contributed by atoms with E-state index < -0.39 is 5.97 Å². The number of ether oxygens (including phenoxy) is 1. The lowest BCUT2D eigenvalue weighted by atomic mass is 10.2. The van der Waals surface area contributed by atoms with E-state index in [2.05, 4.69) is 0 Å². The first-order valence-electron chi connectivity index (χ1n) is 5.19. The lowest BCUT2D eigenvalue weighted by Crippen LogP contribution is -2.10. The number of ketones is 1. The molecule has 1 heterocycles. The molecule has 0 unspecified atom stereocenters. The standard InChI is InChI=1S/C13H10O4S/c14-11(12-2-1-7-18-12)8-17-10-5-3-9(4-6-10)13(15)16/h1-7H,8H2,(H,15,16). The summed E-state index contributed by atoms with van der Waals surface area (Å²) < 4.78 is 5.29. The van der Waals surface area contributed by atoms with Gasteiger partial charge in [-0.3, -0.25) is 4.79 Å². The van der Waals surface area contributed by atoms with Gasteiger partial charge in [-0.05, 0) is 35.7 Å². The predicted molar refractivity (Wildman–Crippen MR) is 67.5 cm³/mol. The van der Waals surface area contributed by atoms with Crippen LogP contribution in [0.25, 0.3) is 0 Å². The largest absolute Gasteiger partial charge is 0.485 e. The first kappa shape index (κ1) is 12.3. The molecule has 0 saturated heterocycles. The average Bonchev–Trinajstić information content (AvgIpc) is 2.90. The molecule has 5 heteroatoms. The molecule has 0 saturated carbocycles. The monoisotopic (exact) mass is 262 g/mol. The molecule has 1 N–H and O–H groups in total. The highest BCUT2D eigenvalue weighted by Crippen LogP contribution is 2.14. The number of rotatable bonds is 5. The second-order valence-corrected chi connectivity index (χ2v) is 4.47. The van der Waals surface area contributed by atoms with Crippen molar-refractivity contribution in [2.24, 2.45) is 0 Å². The third-order valence-corrected chi connectivity index (χ3v) is 3.18. The Morgan fingerprint density at radius 1 is 1.17 bits per heavy atom. The molecule has 2 aromatic rings. The Kier molecular flexibility index (Phi) is 3.74. The molecule has 2 rings (SSSR count). The second-order valence-electron chi connectivity index (χ2n) is 3.52. The minimum atomic E-state index is -0.990. The maximum atomic E-state index is 11.6. The van der Waals surface area contributed by atoms with Crippen LogP contribution in [-0.2, 0) is 0 Å². The van der Waals surface area contributed by atoms with Gasteiger partial charge in [-0.25, -0.2) is 4.79 Å². The number of carbonyl (C=O) groups excluding carboxylic acids is 1. The molecule has 0 atom stereocenters. The van der Waals surface area contributed by atoms with E-state index in [-0.39, 0.29) is 18.0 Å². The van der Waals surface area contributed by atoms with Crippen molar-refractivity contribution >= 4 is 23.1 Å². The zero-order valence-electron chi connectivity index (χ0n) is 9.33. The van der Waals surface area contributed by atoms with Crippen LogP contribution in [0.3, 0.4) is 0 Å². The molecule has 0 aliphatic heterocycles. The van der Waals surface area contributed by atoms with Crippen LogP contribution >= 0.6 is 11.3 Å². The van der Waals surface area contributed by atoms with E-state index in [1.54, 1.807) is 12.1 Å². The van der Waals surface area contributed by atoms with Gasteiger partial charge in [-0.15, -0.1) is 11.3 Å². The zero-order chi connectivity index (χ0) is 13.0. The Labute approximate surface area is 107 Å². The van der Waals surface area contributed by atoms with Crippen LogP contribution in [0, 0.1) is 0 Å². The fourth-order valence-corrected chi connectivity index (χ4v) is 2.00. The highest BCUT2D eigenvalue weighted by atomic mass is 32.1. The third-order valence-electron chi connectivity index (χ3n) is 2.27. The molecule has 4 nitrogen and oxygen atoms in total. The summed E-state index contributed by atoms with van der Waals surface area (Å²) in [6, 6.07) is 9.49. The van der Waals surface area contributed by atoms with Gasteiger partial charge >= 0.3 is 5.97 Å². The molecule has 18 heavy (non-hydrogen) atoms. The van der Waals surface area contributed by atoms with Crippen molar-refractivity contribution in [3.63, 3.8) is 0 Å². The summed E-state index contributed by atoms with van der Waals surface area (Å²) in [5.41, 5.74) is 0.187. The van der Waals surface area contributed by atoms with Crippen LogP contribution in [0.1, 0.15) is 20.0 Å². The van der Waals surface area contributed by atoms with Crippen LogP contribution < -0.4 is 4.74 Å². The summed E-state index contributed by atoms with van der Waals surface area (Å²) in [5, 5.41) is 10.6. The molecule has 0 fully saturated rings. The molecule has 0 bridgehead atoms. The van der Waals surface area contributed by atoms with Gasteiger partial charge in [0.05, 0.1) is 10.4 Å². The van der Waals surface area contributed by atoms with Gasteiger partial charge < -0.3 is 9.84 Å². The molecule has 92 valence electrons. The normalized spacial score (nSPS) is 10.0. The second kappa shape index (κ2) is 5.46. The minimum Gasteiger partial charge on any atom is -0.485 e. The summed E-state index contributed by atoms with van der Waals surface area (Å²) in [4.78, 5) is 22.9. The number of hydrogen-bond acceptors (Lipinski definition) is 4. The molecule has 1 aromatic carbocycles. The Bertz CT molecular complexity index is 543. The molecular weight excluding hydrogens is 252 g/mol. The number of aromatic carboxylic acids is 1. The van der Waals surface area contributed by atoms with Gasteiger partial charge in [0.2, 0.25) is 5.78 Å². The predicted octanol–water partition coefficient (Wildman–Crippen LogP) is 2.71. The summed E-state index contributed by atoms with van der Waals surface area (Å²) in [6.45, 7) is -0.0487. The van der Waals surface area contributed by atoms with Crippen LogP contribution in [0.4, 0.5) is 0 Å². The van der Waals surface area contributed by atoms with E-state index in [0.717, 1.165) is 0 Å². The summed E-state index contributed by atoms with van der Waals surface area (Å²) in [5.74, 6) is -0.603. The van der Waals surface area contributed by atoms with Gasteiger partial charge in [0.25, 0.3) is 0 Å². The van der Waals surface area contributed by atoms with E-state index >= 15 is 0 Å². The van der Waals surface area contributed by atoms with E-state index in [9.17, 15) is 9.59 Å². The first-order valence-corrected chi connectivity index (χ1v) is 6.07. The molecule has 0 spiro atoms. The van der Waals surface area contributed by atoms with Crippen molar-refractivity contribution in [1.82, 2.24) is 0 Å². The number of hydrogen-bond donors (Lipinski definition) is 1. The van der Waals surface area contributed by atoms with Crippen molar-refractivity contribution in [2.75, 3.05) is 6.61 Å². The minimum absolute atomic E-state index is 0.0487. The molecule has 0 aliphatic rings. The van der Waals surface area contributed by atoms with Gasteiger partial charge in [-0.2, -0.15) is 0 Å². The Morgan fingerprint density at radius 2 is 1.89 bits per heavy atom. The summed E-state index contributed by atoms with van der Waals surface area (Å²) >= 11 is 1.37. The Balaban J connectivity index is 1.94. The van der Waals surface area contributed by atoms with Gasteiger partial charge in [-0.1, -0.05) is 6.07 Å². The maximum Gasteiger partial charge on any atom is 0.335 e. The summed E-state index contributed by atoms with van der Waals surface area (Å²) in [7, 11) is 0. The van der Waals surface area contributed by atoms with Crippen molar-refractivity contribution < 1.29 is 19.4 Å². The van der Waals surface area contributed by atoms with Crippen molar-refractivity contribution in [2.45, 2.75) is 0 Å². The van der Waals surface area contributed by atoms with E-state index in [1.807, 2.05) is 5.38 Å². The number of Topliss-reactive ketones (excluding diaryl/α,β-unsaturated/α-hetero) is 1. The fraction of sp³-hybridized carbons (Fsp3) is 0.0769. The van der Waals surface area contributed by atoms with Crippen LogP contribution in [0.2, 0.25) is 0 Å². The smallest absolute Gasteiger partial charge is 0.335 e. The summed E-state index contributed by atoms with van der Waals surface area (Å²) in [6.07, 6.45) is 0. The third kappa shape index (κ3) is 2.95. The topological polar surface area (TPSA) is 63.6 Å².